The van der Waals surface area contributed by atoms with Crippen LogP contribution in [0.1, 0.15) is 273 Å². The van der Waals surface area contributed by atoms with Gasteiger partial charge in [0.25, 0.3) is 0 Å². The number of aliphatic imine (C=N–C) groups is 1. The van der Waals surface area contributed by atoms with Crippen molar-refractivity contribution in [2.75, 3.05) is 205 Å². The fraction of sp³-hybridized carbons (Fsp3) is 0.673. The van der Waals surface area contributed by atoms with E-state index in [1.807, 2.05) is 66.2 Å². The zero-order valence-electron chi connectivity index (χ0n) is 87.8. The lowest BCUT2D eigenvalue weighted by atomic mass is 9.88. The van der Waals surface area contributed by atoms with Gasteiger partial charge in [0.1, 0.15) is 0 Å². The molecule has 18 rings (SSSR count). The van der Waals surface area contributed by atoms with Crippen molar-refractivity contribution < 1.29 is 24.0 Å². The SMILES string of the molecule is CCCCC(=O)N1CCNC(CN(C)C2CCCc3cccnc32)C1.CCN(CC)CCCC(=O)N1CCNC(CN(C)C2CCCc3cccnc32)C1.CN(CC1CN(C(=O)C2CCCCC2)CCN1)C1CCCc2cccnc21.CN(CC1CN(C(=O)CCCC2=NCCN2)CCN1)C1CCCc2cccnc21.CN(CC1CN(C(=O)CCCNCc2ccccc2)CCN1)C1CCCc2cccnc21. The average Bonchev–Trinajstić information content (AvgIpc) is 0.845. The Morgan fingerprint density at radius 2 is 0.697 bits per heavy atom. The molecule has 12 aliphatic rings. The highest BCUT2D eigenvalue weighted by molar-refractivity contribution is 5.84. The fourth-order valence-electron chi connectivity index (χ4n) is 24.1. The minimum Gasteiger partial charge on any atom is -0.372 e. The zero-order chi connectivity index (χ0) is 99.2. The quantitative estimate of drug-likeness (QED) is 0.0182. The van der Waals surface area contributed by atoms with Crippen LogP contribution in [0.25, 0.3) is 0 Å². The van der Waals surface area contributed by atoms with E-state index in [0.717, 1.165) is 279 Å². The maximum absolute atomic E-state index is 12.9. The molecule has 29 heteroatoms. The number of nitrogens with one attached hydrogen (secondary N) is 7. The van der Waals surface area contributed by atoms with Gasteiger partial charge in [-0.05, 0) is 260 Å². The molecule has 10 atom stereocenters. The standard InChI is InChI=1S/C26H37N5O.C23H39N5O.C22H34N6O.C22H34N4O.C20H32N4O/c1-30(24-12-5-10-22-11-6-15-29-26(22)24)19-23-20-31(17-16-28-23)25(32)13-7-14-27-18-21-8-3-2-4-9-21;1-4-27(5-2)15-8-12-22(29)28-16-14-24-20(18-28)17-26(3)21-11-6-9-19-10-7-13-25-23(19)21;1-27(19-7-2-5-17-6-4-10-26-22(17)19)15-18-16-28(14-13-23-18)21(29)9-3-8-20-24-11-12-25-20;1-25(20-11-5-9-17-10-6-12-24-21(17)20)15-19-16-26(14-13-23-19)22(27)18-7-3-2-4-8-18;1-3-4-10-19(25)24-13-12-21-17(15-24)14-23(2)18-9-5-7-16-8-6-11-22-20(16)18/h2-4,6,8-9,11,15,23-24,27-28H,5,7,10,12-14,16-20H2,1H3;7,10,13,20-21,24H,4-6,8-9,11-12,14-18H2,1-3H3;4,6,10,18-19,23H,2-3,5,7-9,11-16H2,1H3,(H,24,25);6,10,12,18-20,23H,2-5,7-9,11,13-16H2,1H3;6,8,11,17-18,21H,3-5,7,9-10,12-15H2,1-2H3. The van der Waals surface area contributed by atoms with Crippen molar-refractivity contribution in [3.05, 3.63) is 184 Å². The van der Waals surface area contributed by atoms with Gasteiger partial charge in [-0.2, -0.15) is 0 Å². The first-order valence-electron chi connectivity index (χ1n) is 55.4. The van der Waals surface area contributed by atoms with Gasteiger partial charge in [0, 0.05) is 243 Å². The van der Waals surface area contributed by atoms with E-state index in [1.165, 1.54) is 132 Å². The number of pyridine rings is 5. The molecule has 5 aromatic heterocycles. The third kappa shape index (κ3) is 32.7. The minimum absolute atomic E-state index is 0.280. The van der Waals surface area contributed by atoms with Crippen LogP contribution in [0.3, 0.4) is 0 Å². The number of unbranched alkanes of at least 4 members (excludes halogenated alkanes) is 1. The van der Waals surface area contributed by atoms with Crippen LogP contribution in [-0.2, 0) is 62.6 Å². The highest BCUT2D eigenvalue weighted by Gasteiger charge is 2.38. The maximum atomic E-state index is 12.9. The summed E-state index contributed by atoms with van der Waals surface area (Å²) in [5, 5.41) is 24.8. The molecule has 0 bridgehead atoms. The molecule has 142 heavy (non-hydrogen) atoms. The number of aryl methyl sites for hydroxylation is 5. The Balaban J connectivity index is 0.000000141. The largest absolute Gasteiger partial charge is 0.372 e. The molecule has 1 aromatic carbocycles. The first-order valence-corrected chi connectivity index (χ1v) is 55.4. The topological polar surface area (TPSA) is 282 Å². The molecular weight excluding hydrogens is 1770 g/mol. The van der Waals surface area contributed by atoms with Crippen molar-refractivity contribution in [1.82, 2.24) is 116 Å². The second kappa shape index (κ2) is 58.0. The van der Waals surface area contributed by atoms with Crippen LogP contribution in [0, 0.1) is 5.92 Å². The highest BCUT2D eigenvalue weighted by atomic mass is 16.2. The van der Waals surface area contributed by atoms with Gasteiger partial charge in [0.05, 0.1) is 71.1 Å². The number of amidine groups is 1. The van der Waals surface area contributed by atoms with E-state index in [4.69, 9.17) is 9.97 Å². The average molecular weight is 1950 g/mol. The van der Waals surface area contributed by atoms with Gasteiger partial charge in [-0.25, -0.2) is 0 Å². The minimum atomic E-state index is 0.280. The summed E-state index contributed by atoms with van der Waals surface area (Å²) < 4.78 is 0. The van der Waals surface area contributed by atoms with Gasteiger partial charge in [-0.1, -0.05) is 107 Å². The van der Waals surface area contributed by atoms with Gasteiger partial charge in [-0.3, -0.25) is 78.4 Å². The predicted octanol–water partition coefficient (Wildman–Crippen LogP) is 11.6. The molecule has 6 aromatic rings. The number of likely N-dealkylation sites (N-methyl/N-ethyl adjacent to an activating group) is 5. The molecular formula is C113H176N24O5. The smallest absolute Gasteiger partial charge is 0.225 e. The summed E-state index contributed by atoms with van der Waals surface area (Å²) in [6.07, 6.45) is 41.5. The zero-order valence-corrected chi connectivity index (χ0v) is 87.8. The van der Waals surface area contributed by atoms with Crippen molar-refractivity contribution in [1.29, 1.82) is 0 Å². The van der Waals surface area contributed by atoms with Gasteiger partial charge in [0.15, 0.2) is 0 Å². The first-order chi connectivity index (χ1) is 69.4. The number of rotatable bonds is 35. The van der Waals surface area contributed by atoms with Crippen molar-refractivity contribution in [2.45, 2.75) is 280 Å². The van der Waals surface area contributed by atoms with E-state index in [1.54, 1.807) is 0 Å². The summed E-state index contributed by atoms with van der Waals surface area (Å²) in [5.74, 6) is 2.96. The summed E-state index contributed by atoms with van der Waals surface area (Å²) in [7, 11) is 11.0. The Bertz CT molecular complexity index is 4830. The Morgan fingerprint density at radius 1 is 0.366 bits per heavy atom. The fourth-order valence-corrected chi connectivity index (χ4v) is 24.1. The number of amides is 5. The molecule has 6 fully saturated rings. The number of benzene rings is 1. The molecule has 10 unspecified atom stereocenters. The number of hydrogen-bond acceptors (Lipinski definition) is 24. The second-order valence-corrected chi connectivity index (χ2v) is 42.3. The van der Waals surface area contributed by atoms with E-state index < -0.39 is 0 Å². The van der Waals surface area contributed by atoms with E-state index in [9.17, 15) is 24.0 Å². The molecule has 7 N–H and O–H groups in total. The van der Waals surface area contributed by atoms with E-state index >= 15 is 0 Å². The molecule has 29 nitrogen and oxygen atoms in total. The molecule has 1 saturated carbocycles. The number of hydrogen-bond donors (Lipinski definition) is 7. The number of nitrogens with zero attached hydrogens (tertiary/aromatic N) is 17. The molecule has 0 spiro atoms. The van der Waals surface area contributed by atoms with Crippen molar-refractivity contribution in [3.8, 4) is 0 Å². The number of carbonyl (C=O) groups excluding carboxylic acids is 5. The third-order valence-corrected chi connectivity index (χ3v) is 32.0. The normalized spacial score (nSPS) is 23.4. The Kier molecular flexibility index (Phi) is 44.5. The Labute approximate surface area is 851 Å². The molecule has 6 aliphatic carbocycles. The van der Waals surface area contributed by atoms with Crippen LogP contribution >= 0.6 is 0 Å². The lowest BCUT2D eigenvalue weighted by Crippen LogP contribution is -2.57. The monoisotopic (exact) mass is 1950 g/mol. The molecule has 778 valence electrons. The molecule has 11 heterocycles. The van der Waals surface area contributed by atoms with Gasteiger partial charge < -0.3 is 66.6 Å². The highest BCUT2D eigenvalue weighted by Crippen LogP contribution is 2.38. The lowest BCUT2D eigenvalue weighted by molar-refractivity contribution is -0.138. The molecule has 6 aliphatic heterocycles. The van der Waals surface area contributed by atoms with Gasteiger partial charge in [0.2, 0.25) is 29.5 Å². The van der Waals surface area contributed by atoms with Crippen LogP contribution in [0.5, 0.6) is 0 Å². The first kappa shape index (κ1) is 109. The molecule has 5 saturated heterocycles. The lowest BCUT2D eigenvalue weighted by Gasteiger charge is -2.40. The van der Waals surface area contributed by atoms with Crippen LogP contribution in [0.15, 0.2) is 127 Å². The number of piperazine rings is 5. The Morgan fingerprint density at radius 3 is 1.04 bits per heavy atom. The Hall–Kier alpha value is -8.69. The summed E-state index contributed by atoms with van der Waals surface area (Å²) in [5.41, 5.74) is 14.5. The summed E-state index contributed by atoms with van der Waals surface area (Å²) >= 11 is 0. The van der Waals surface area contributed by atoms with Crippen LogP contribution < -0.4 is 37.2 Å². The van der Waals surface area contributed by atoms with Crippen molar-refractivity contribution in [2.24, 2.45) is 10.9 Å². The summed E-state index contributed by atoms with van der Waals surface area (Å²) in [6, 6.07) is 35.3. The van der Waals surface area contributed by atoms with Crippen LogP contribution in [0.2, 0.25) is 0 Å². The van der Waals surface area contributed by atoms with E-state index in [-0.39, 0.29) is 17.7 Å². The van der Waals surface area contributed by atoms with Crippen molar-refractivity contribution >= 4 is 35.4 Å². The number of fused-ring (bicyclic) bond motifs is 5. The summed E-state index contributed by atoms with van der Waals surface area (Å²) in [4.78, 5) is 116. The number of carbonyl (C=O) groups is 5. The second-order valence-electron chi connectivity index (χ2n) is 42.3. The van der Waals surface area contributed by atoms with Crippen LogP contribution in [0.4, 0.5) is 0 Å². The third-order valence-electron chi connectivity index (χ3n) is 32.0. The van der Waals surface area contributed by atoms with Crippen molar-refractivity contribution in [3.63, 3.8) is 0 Å². The number of aromatic nitrogens is 5. The van der Waals surface area contributed by atoms with Gasteiger partial charge >= 0.3 is 0 Å². The molecule has 0 radical (unpaired) electrons. The molecule has 5 amide bonds. The van der Waals surface area contributed by atoms with Crippen LogP contribution in [-0.4, -0.2) is 350 Å². The van der Waals surface area contributed by atoms with Gasteiger partial charge in [-0.15, -0.1) is 0 Å². The summed E-state index contributed by atoms with van der Waals surface area (Å²) in [6.45, 7) is 30.6. The maximum Gasteiger partial charge on any atom is 0.225 e. The predicted molar refractivity (Wildman–Crippen MR) is 569 cm³/mol. The van der Waals surface area contributed by atoms with E-state index in [0.29, 0.717) is 104 Å². The van der Waals surface area contributed by atoms with E-state index in [2.05, 4.69) is 223 Å².